The lowest BCUT2D eigenvalue weighted by atomic mass is 9.82. The monoisotopic (exact) mass is 262 g/mol. The Morgan fingerprint density at radius 3 is 2.53 bits per heavy atom. The molecular weight excluding hydrogens is 240 g/mol. The van der Waals surface area contributed by atoms with Gasteiger partial charge in [0.1, 0.15) is 0 Å². The van der Waals surface area contributed by atoms with Gasteiger partial charge in [-0.2, -0.15) is 15.0 Å². The molecule has 0 amide bonds. The van der Waals surface area contributed by atoms with Gasteiger partial charge >= 0.3 is 0 Å². The second-order valence-corrected chi connectivity index (χ2v) is 5.78. The second kappa shape index (κ2) is 5.19. The summed E-state index contributed by atoms with van der Waals surface area (Å²) < 4.78 is 0. The van der Waals surface area contributed by atoms with E-state index in [4.69, 9.17) is 5.73 Å². The van der Waals surface area contributed by atoms with Gasteiger partial charge in [0, 0.05) is 19.1 Å². The smallest absolute Gasteiger partial charge is 0.231 e. The topological polar surface area (TPSA) is 80.0 Å². The number of anilines is 3. The SMILES string of the molecule is CC1CC(Nc2nc(N)nc(N3CCCCC3)n2)C1. The molecule has 1 saturated heterocycles. The van der Waals surface area contributed by atoms with Gasteiger partial charge in [0.2, 0.25) is 17.8 Å². The first-order chi connectivity index (χ1) is 9.20. The minimum atomic E-state index is 0.311. The highest BCUT2D eigenvalue weighted by atomic mass is 15.3. The van der Waals surface area contributed by atoms with Crippen LogP contribution in [-0.4, -0.2) is 34.1 Å². The first kappa shape index (κ1) is 12.4. The minimum Gasteiger partial charge on any atom is -0.368 e. The van der Waals surface area contributed by atoms with Crippen LogP contribution in [0.1, 0.15) is 39.0 Å². The Hall–Kier alpha value is -1.59. The van der Waals surface area contributed by atoms with Gasteiger partial charge in [-0.25, -0.2) is 0 Å². The second-order valence-electron chi connectivity index (χ2n) is 5.78. The Morgan fingerprint density at radius 1 is 1.11 bits per heavy atom. The zero-order chi connectivity index (χ0) is 13.2. The molecule has 6 nitrogen and oxygen atoms in total. The summed E-state index contributed by atoms with van der Waals surface area (Å²) in [5, 5.41) is 3.36. The van der Waals surface area contributed by atoms with E-state index in [0.29, 0.717) is 17.9 Å². The number of hydrogen-bond acceptors (Lipinski definition) is 6. The summed E-state index contributed by atoms with van der Waals surface area (Å²) in [6, 6.07) is 0.492. The van der Waals surface area contributed by atoms with E-state index in [1.807, 2.05) is 0 Å². The maximum Gasteiger partial charge on any atom is 0.231 e. The molecule has 2 aliphatic rings. The third kappa shape index (κ3) is 2.88. The van der Waals surface area contributed by atoms with Crippen molar-refractivity contribution in [1.82, 2.24) is 15.0 Å². The summed E-state index contributed by atoms with van der Waals surface area (Å²) in [5.41, 5.74) is 5.80. The van der Waals surface area contributed by atoms with Crippen LogP contribution in [0.2, 0.25) is 0 Å². The standard InChI is InChI=1S/C13H22N6/c1-9-7-10(8-9)15-12-16-11(14)17-13(18-12)19-5-3-2-4-6-19/h9-10H,2-8H2,1H3,(H3,14,15,16,17,18). The van der Waals surface area contributed by atoms with E-state index < -0.39 is 0 Å². The summed E-state index contributed by atoms with van der Waals surface area (Å²) in [7, 11) is 0. The Balaban J connectivity index is 1.71. The molecule has 0 radical (unpaired) electrons. The number of hydrogen-bond donors (Lipinski definition) is 2. The molecule has 0 spiro atoms. The van der Waals surface area contributed by atoms with Crippen LogP contribution < -0.4 is 16.0 Å². The van der Waals surface area contributed by atoms with Crippen molar-refractivity contribution in [3.05, 3.63) is 0 Å². The van der Waals surface area contributed by atoms with Gasteiger partial charge < -0.3 is 16.0 Å². The van der Waals surface area contributed by atoms with Gasteiger partial charge in [0.15, 0.2) is 0 Å². The van der Waals surface area contributed by atoms with Crippen molar-refractivity contribution in [2.75, 3.05) is 29.0 Å². The summed E-state index contributed by atoms with van der Waals surface area (Å²) in [6.07, 6.45) is 6.07. The maximum absolute atomic E-state index is 5.80. The van der Waals surface area contributed by atoms with E-state index in [2.05, 4.69) is 32.1 Å². The van der Waals surface area contributed by atoms with Crippen molar-refractivity contribution >= 4 is 17.8 Å². The van der Waals surface area contributed by atoms with Crippen LogP contribution in [0.3, 0.4) is 0 Å². The summed E-state index contributed by atoms with van der Waals surface area (Å²) in [6.45, 7) is 4.30. The molecule has 1 aromatic rings. The van der Waals surface area contributed by atoms with Crippen LogP contribution >= 0.6 is 0 Å². The predicted molar refractivity (Wildman–Crippen MR) is 76.1 cm³/mol. The molecule has 1 aliphatic heterocycles. The van der Waals surface area contributed by atoms with Crippen LogP contribution in [0.15, 0.2) is 0 Å². The molecule has 1 aliphatic carbocycles. The first-order valence-corrected chi connectivity index (χ1v) is 7.24. The number of nitrogen functional groups attached to an aromatic ring is 1. The van der Waals surface area contributed by atoms with Crippen LogP contribution in [0.5, 0.6) is 0 Å². The summed E-state index contributed by atoms with van der Waals surface area (Å²) in [4.78, 5) is 15.2. The van der Waals surface area contributed by atoms with Crippen LogP contribution in [0, 0.1) is 5.92 Å². The number of aromatic nitrogens is 3. The number of nitrogens with two attached hydrogens (primary N) is 1. The highest BCUT2D eigenvalue weighted by Crippen LogP contribution is 2.29. The normalized spacial score (nSPS) is 26.9. The van der Waals surface area contributed by atoms with Crippen LogP contribution in [0.4, 0.5) is 17.8 Å². The average Bonchev–Trinajstić information content (AvgIpc) is 2.37. The highest BCUT2D eigenvalue weighted by molar-refractivity contribution is 5.42. The van der Waals surface area contributed by atoms with Crippen molar-refractivity contribution in [2.45, 2.75) is 45.1 Å². The van der Waals surface area contributed by atoms with E-state index >= 15 is 0 Å². The molecular formula is C13H22N6. The fourth-order valence-corrected chi connectivity index (χ4v) is 2.88. The molecule has 6 heteroatoms. The van der Waals surface area contributed by atoms with Gasteiger partial charge in [-0.15, -0.1) is 0 Å². The lowest BCUT2D eigenvalue weighted by molar-refractivity contribution is 0.308. The largest absolute Gasteiger partial charge is 0.368 e. The molecule has 19 heavy (non-hydrogen) atoms. The molecule has 0 unspecified atom stereocenters. The molecule has 2 heterocycles. The van der Waals surface area contributed by atoms with Crippen LogP contribution in [-0.2, 0) is 0 Å². The van der Waals surface area contributed by atoms with E-state index in [1.54, 1.807) is 0 Å². The first-order valence-electron chi connectivity index (χ1n) is 7.24. The zero-order valence-electron chi connectivity index (χ0n) is 11.5. The molecule has 3 rings (SSSR count). The Bertz CT molecular complexity index is 437. The predicted octanol–water partition coefficient (Wildman–Crippen LogP) is 1.65. The van der Waals surface area contributed by atoms with E-state index in [-0.39, 0.29) is 0 Å². The summed E-state index contributed by atoms with van der Waals surface area (Å²) >= 11 is 0. The number of piperidine rings is 1. The Morgan fingerprint density at radius 2 is 1.84 bits per heavy atom. The lowest BCUT2D eigenvalue weighted by Crippen LogP contribution is -2.35. The average molecular weight is 262 g/mol. The lowest BCUT2D eigenvalue weighted by Gasteiger charge is -2.33. The van der Waals surface area contributed by atoms with Gasteiger partial charge in [0.05, 0.1) is 0 Å². The van der Waals surface area contributed by atoms with Crippen molar-refractivity contribution in [1.29, 1.82) is 0 Å². The summed E-state index contributed by atoms with van der Waals surface area (Å²) in [5.74, 6) is 2.47. The molecule has 0 atom stereocenters. The quantitative estimate of drug-likeness (QED) is 0.862. The fourth-order valence-electron chi connectivity index (χ4n) is 2.88. The van der Waals surface area contributed by atoms with Gasteiger partial charge in [0.25, 0.3) is 0 Å². The van der Waals surface area contributed by atoms with E-state index in [0.717, 1.165) is 25.0 Å². The van der Waals surface area contributed by atoms with E-state index in [9.17, 15) is 0 Å². The zero-order valence-corrected chi connectivity index (χ0v) is 11.5. The van der Waals surface area contributed by atoms with E-state index in [1.165, 1.54) is 32.1 Å². The van der Waals surface area contributed by atoms with Crippen LogP contribution in [0.25, 0.3) is 0 Å². The highest BCUT2D eigenvalue weighted by Gasteiger charge is 2.26. The third-order valence-corrected chi connectivity index (χ3v) is 3.99. The van der Waals surface area contributed by atoms with Gasteiger partial charge in [-0.1, -0.05) is 6.92 Å². The molecule has 104 valence electrons. The van der Waals surface area contributed by atoms with Gasteiger partial charge in [-0.05, 0) is 38.0 Å². The van der Waals surface area contributed by atoms with Crippen molar-refractivity contribution in [2.24, 2.45) is 5.92 Å². The number of nitrogens with zero attached hydrogens (tertiary/aromatic N) is 4. The third-order valence-electron chi connectivity index (χ3n) is 3.99. The molecule has 2 fully saturated rings. The maximum atomic E-state index is 5.80. The molecule has 1 saturated carbocycles. The minimum absolute atomic E-state index is 0.311. The molecule has 3 N–H and O–H groups in total. The number of nitrogens with one attached hydrogen (secondary N) is 1. The molecule has 0 aromatic carbocycles. The molecule has 1 aromatic heterocycles. The Kier molecular flexibility index (Phi) is 3.40. The Labute approximate surface area is 113 Å². The van der Waals surface area contributed by atoms with Crippen molar-refractivity contribution in [3.63, 3.8) is 0 Å². The van der Waals surface area contributed by atoms with Gasteiger partial charge in [-0.3, -0.25) is 0 Å². The number of rotatable bonds is 3. The molecule has 0 bridgehead atoms. The fraction of sp³-hybridized carbons (Fsp3) is 0.769. The van der Waals surface area contributed by atoms with Crippen molar-refractivity contribution in [3.8, 4) is 0 Å². The van der Waals surface area contributed by atoms with Crippen molar-refractivity contribution < 1.29 is 0 Å².